The maximum absolute atomic E-state index is 5.15. The van der Waals surface area contributed by atoms with Crippen LogP contribution in [-0.2, 0) is 0 Å². The molecule has 0 radical (unpaired) electrons. The molecule has 2 aromatic rings. The van der Waals surface area contributed by atoms with Gasteiger partial charge in [0.1, 0.15) is 5.84 Å². The maximum atomic E-state index is 5.15. The van der Waals surface area contributed by atoms with Crippen LogP contribution < -0.4 is 0 Å². The molecule has 0 unspecified atom stereocenters. The lowest BCUT2D eigenvalue weighted by Crippen LogP contribution is -2.45. The molecule has 1 aliphatic rings. The third-order valence-corrected chi connectivity index (χ3v) is 5.49. The van der Waals surface area contributed by atoms with Crippen molar-refractivity contribution in [3.63, 3.8) is 0 Å². The average molecular weight is 420 g/mol. The summed E-state index contributed by atoms with van der Waals surface area (Å²) in [7, 11) is 0. The van der Waals surface area contributed by atoms with Crippen molar-refractivity contribution in [2.45, 2.75) is 46.2 Å². The molecular weight excluding hydrogens is 395 g/mol. The quantitative estimate of drug-likeness (QED) is 0.600. The number of halogens is 1. The molecule has 0 bridgehead atoms. The fourth-order valence-corrected chi connectivity index (χ4v) is 3.88. The topological polar surface area (TPSA) is 15.6 Å². The Balaban J connectivity index is 2.22. The van der Waals surface area contributed by atoms with Gasteiger partial charge in [-0.25, -0.2) is 0 Å². The summed E-state index contributed by atoms with van der Waals surface area (Å²) in [4.78, 5) is 7.64. The van der Waals surface area contributed by atoms with E-state index in [0.29, 0.717) is 12.0 Å². The minimum absolute atomic E-state index is 0.0719. The highest BCUT2D eigenvalue weighted by Crippen LogP contribution is 2.32. The van der Waals surface area contributed by atoms with Crippen LogP contribution in [0.4, 0.5) is 0 Å². The first-order chi connectivity index (χ1) is 10.8. The Kier molecular flexibility index (Phi) is 4.43. The molecule has 0 aromatic heterocycles. The van der Waals surface area contributed by atoms with E-state index in [1.807, 2.05) is 0 Å². The Morgan fingerprint density at radius 3 is 2.48 bits per heavy atom. The van der Waals surface area contributed by atoms with E-state index in [1.54, 1.807) is 0 Å². The van der Waals surface area contributed by atoms with Crippen LogP contribution in [0.1, 0.15) is 40.2 Å². The minimum Gasteiger partial charge on any atom is -0.349 e. The molecule has 0 N–H and O–H groups in total. The predicted molar refractivity (Wildman–Crippen MR) is 108 cm³/mol. The zero-order chi connectivity index (χ0) is 16.8. The molecular formula is C20H25IN2. The molecule has 1 heterocycles. The second-order valence-electron chi connectivity index (χ2n) is 7.69. The van der Waals surface area contributed by atoms with Crippen molar-refractivity contribution in [3.05, 3.63) is 45.5 Å². The van der Waals surface area contributed by atoms with E-state index in [2.05, 4.69) is 98.5 Å². The summed E-state index contributed by atoms with van der Waals surface area (Å²) in [6, 6.07) is 13.4. The third-order valence-electron chi connectivity index (χ3n) is 4.59. The molecule has 0 saturated carbocycles. The van der Waals surface area contributed by atoms with Gasteiger partial charge in [-0.3, -0.25) is 4.99 Å². The van der Waals surface area contributed by atoms with Crippen LogP contribution >= 0.6 is 22.6 Å². The van der Waals surface area contributed by atoms with Gasteiger partial charge in [0.05, 0.1) is 6.04 Å². The van der Waals surface area contributed by atoms with Gasteiger partial charge in [0.15, 0.2) is 0 Å². The molecule has 23 heavy (non-hydrogen) atoms. The van der Waals surface area contributed by atoms with Gasteiger partial charge in [-0.2, -0.15) is 0 Å². The van der Waals surface area contributed by atoms with Crippen LogP contribution in [0.2, 0.25) is 0 Å². The van der Waals surface area contributed by atoms with Crippen LogP contribution in [-0.4, -0.2) is 28.9 Å². The first-order valence-electron chi connectivity index (χ1n) is 8.32. The van der Waals surface area contributed by atoms with E-state index >= 15 is 0 Å². The molecule has 0 fully saturated rings. The van der Waals surface area contributed by atoms with E-state index in [0.717, 1.165) is 12.4 Å². The highest BCUT2D eigenvalue weighted by molar-refractivity contribution is 14.1. The largest absolute Gasteiger partial charge is 0.349 e. The van der Waals surface area contributed by atoms with E-state index in [-0.39, 0.29) is 5.54 Å². The Morgan fingerprint density at radius 2 is 1.83 bits per heavy atom. The van der Waals surface area contributed by atoms with Gasteiger partial charge in [-0.15, -0.1) is 0 Å². The number of amidine groups is 1. The fourth-order valence-electron chi connectivity index (χ4n) is 3.16. The molecule has 122 valence electrons. The van der Waals surface area contributed by atoms with Crippen molar-refractivity contribution in [1.82, 2.24) is 4.90 Å². The van der Waals surface area contributed by atoms with Crippen molar-refractivity contribution < 1.29 is 0 Å². The number of benzene rings is 2. The van der Waals surface area contributed by atoms with Crippen molar-refractivity contribution in [2.75, 3.05) is 6.54 Å². The number of rotatable bonds is 2. The number of hydrogen-bond acceptors (Lipinski definition) is 2. The molecule has 2 aromatic carbocycles. The highest BCUT2D eigenvalue weighted by Gasteiger charge is 2.35. The normalized spacial score (nSPS) is 18.8. The lowest BCUT2D eigenvalue weighted by molar-refractivity contribution is 0.235. The Hall–Kier alpha value is -1.10. The zero-order valence-corrected chi connectivity index (χ0v) is 16.8. The van der Waals surface area contributed by atoms with Crippen LogP contribution in [0.5, 0.6) is 0 Å². The van der Waals surface area contributed by atoms with Crippen LogP contribution in [0.3, 0.4) is 0 Å². The van der Waals surface area contributed by atoms with Gasteiger partial charge in [0, 0.05) is 21.2 Å². The SMILES string of the molecule is CC(C)[C@H]1CN(C(C)(C)C)C(c2c(I)ccc3ccccc23)=N1. The molecule has 0 aliphatic carbocycles. The molecule has 3 rings (SSSR count). The molecule has 0 amide bonds. The standard InChI is InChI=1S/C20H25IN2/c1-13(2)17-12-23(20(3,4)5)19(22-17)18-15-9-7-6-8-14(15)10-11-16(18)21/h6-11,13,17H,12H2,1-5H3/t17-/m1/s1. The summed E-state index contributed by atoms with van der Waals surface area (Å²) in [6.07, 6.45) is 0. The average Bonchev–Trinajstić information content (AvgIpc) is 2.92. The van der Waals surface area contributed by atoms with Crippen molar-refractivity contribution >= 4 is 39.2 Å². The van der Waals surface area contributed by atoms with E-state index in [1.165, 1.54) is 19.9 Å². The highest BCUT2D eigenvalue weighted by atomic mass is 127. The number of aliphatic imine (C=N–C) groups is 1. The van der Waals surface area contributed by atoms with Gasteiger partial charge < -0.3 is 4.90 Å². The van der Waals surface area contributed by atoms with Gasteiger partial charge in [0.2, 0.25) is 0 Å². The smallest absolute Gasteiger partial charge is 0.133 e. The second kappa shape index (κ2) is 6.08. The lowest BCUT2D eigenvalue weighted by Gasteiger charge is -2.36. The summed E-state index contributed by atoms with van der Waals surface area (Å²) >= 11 is 2.45. The molecule has 3 heteroatoms. The lowest BCUT2D eigenvalue weighted by atomic mass is 9.99. The predicted octanol–water partition coefficient (Wildman–Crippen LogP) is 5.33. The maximum Gasteiger partial charge on any atom is 0.133 e. The first kappa shape index (κ1) is 16.7. The van der Waals surface area contributed by atoms with E-state index in [4.69, 9.17) is 4.99 Å². The third kappa shape index (κ3) is 3.12. The van der Waals surface area contributed by atoms with E-state index in [9.17, 15) is 0 Å². The van der Waals surface area contributed by atoms with Crippen molar-refractivity contribution in [1.29, 1.82) is 0 Å². The monoisotopic (exact) mass is 420 g/mol. The number of hydrogen-bond donors (Lipinski definition) is 0. The van der Waals surface area contributed by atoms with Gasteiger partial charge in [-0.05, 0) is 66.1 Å². The minimum atomic E-state index is 0.0719. The van der Waals surface area contributed by atoms with Crippen LogP contribution in [0, 0.1) is 9.49 Å². The fraction of sp³-hybridized carbons (Fsp3) is 0.450. The molecule has 1 aliphatic heterocycles. The summed E-state index contributed by atoms with van der Waals surface area (Å²) < 4.78 is 1.28. The van der Waals surface area contributed by atoms with E-state index < -0.39 is 0 Å². The second-order valence-corrected chi connectivity index (χ2v) is 8.85. The zero-order valence-electron chi connectivity index (χ0n) is 14.6. The van der Waals surface area contributed by atoms with Crippen molar-refractivity contribution in [3.8, 4) is 0 Å². The number of fused-ring (bicyclic) bond motifs is 1. The molecule has 0 spiro atoms. The van der Waals surface area contributed by atoms with Gasteiger partial charge >= 0.3 is 0 Å². The van der Waals surface area contributed by atoms with Gasteiger partial charge in [0.25, 0.3) is 0 Å². The summed E-state index contributed by atoms with van der Waals surface area (Å²) in [6.45, 7) is 12.4. The Bertz CT molecular complexity index is 756. The Morgan fingerprint density at radius 1 is 1.13 bits per heavy atom. The van der Waals surface area contributed by atoms with Crippen molar-refractivity contribution in [2.24, 2.45) is 10.9 Å². The summed E-state index contributed by atoms with van der Waals surface area (Å²) in [5, 5.41) is 2.59. The van der Waals surface area contributed by atoms with Crippen LogP contribution in [0.15, 0.2) is 41.4 Å². The molecule has 1 atom stereocenters. The number of nitrogens with zero attached hydrogens (tertiary/aromatic N) is 2. The van der Waals surface area contributed by atoms with Gasteiger partial charge in [-0.1, -0.05) is 44.2 Å². The summed E-state index contributed by atoms with van der Waals surface area (Å²) in [5.74, 6) is 1.72. The molecule has 2 nitrogen and oxygen atoms in total. The Labute approximate surface area is 153 Å². The first-order valence-corrected chi connectivity index (χ1v) is 9.40. The van der Waals surface area contributed by atoms with Crippen LogP contribution in [0.25, 0.3) is 10.8 Å². The summed E-state index contributed by atoms with van der Waals surface area (Å²) in [5.41, 5.74) is 1.37. The molecule has 0 saturated heterocycles.